The van der Waals surface area contributed by atoms with Crippen LogP contribution < -0.4 is 10.6 Å². The fourth-order valence-electron chi connectivity index (χ4n) is 3.83. The van der Waals surface area contributed by atoms with Gasteiger partial charge in [-0.25, -0.2) is 12.8 Å². The number of nitrogens with two attached hydrogens (primary N) is 1. The van der Waals surface area contributed by atoms with Crippen LogP contribution in [-0.4, -0.2) is 36.3 Å². The molecule has 1 amide bonds. The third-order valence-electron chi connectivity index (χ3n) is 5.58. The van der Waals surface area contributed by atoms with Crippen LogP contribution in [0.5, 0.6) is 0 Å². The van der Waals surface area contributed by atoms with Crippen molar-refractivity contribution in [2.75, 3.05) is 10.7 Å². The number of hydrogen-bond donors (Lipinski definition) is 1. The maximum absolute atomic E-state index is 13.2. The second-order valence-electron chi connectivity index (χ2n) is 8.04. The number of nitrogens with zero attached hydrogens (tertiary/aromatic N) is 3. The predicted molar refractivity (Wildman–Crippen MR) is 128 cm³/mol. The molecule has 0 radical (unpaired) electrons. The lowest BCUT2D eigenvalue weighted by Gasteiger charge is -2.24. The van der Waals surface area contributed by atoms with Gasteiger partial charge in [-0.2, -0.15) is 0 Å². The van der Waals surface area contributed by atoms with Crippen LogP contribution in [0.1, 0.15) is 5.56 Å². The van der Waals surface area contributed by atoms with Crippen molar-refractivity contribution in [2.45, 2.75) is 17.5 Å². The zero-order valence-corrected chi connectivity index (χ0v) is 19.6. The molecule has 0 unspecified atom stereocenters. The number of rotatable bonds is 4. The van der Waals surface area contributed by atoms with Gasteiger partial charge in [0.15, 0.2) is 9.84 Å². The molecule has 0 saturated carbocycles. The van der Waals surface area contributed by atoms with E-state index in [1.54, 1.807) is 24.3 Å². The first-order chi connectivity index (χ1) is 16.7. The third-order valence-corrected chi connectivity index (χ3v) is 7.65. The van der Waals surface area contributed by atoms with E-state index in [9.17, 15) is 17.6 Å². The Morgan fingerprint density at radius 3 is 2.31 bits per heavy atom. The average molecular weight is 513 g/mol. The Hall–Kier alpha value is -3.60. The molecule has 8 nitrogen and oxygen atoms in total. The van der Waals surface area contributed by atoms with Crippen LogP contribution in [0.2, 0.25) is 5.02 Å². The zero-order valence-electron chi connectivity index (χ0n) is 18.1. The summed E-state index contributed by atoms with van der Waals surface area (Å²) in [7, 11) is -3.84. The molecule has 1 aromatic heterocycles. The molecule has 0 saturated heterocycles. The van der Waals surface area contributed by atoms with E-state index in [0.717, 1.165) is 5.56 Å². The Labute approximate surface area is 205 Å². The molecule has 0 spiro atoms. The molecule has 1 atom stereocenters. The Kier molecular flexibility index (Phi) is 5.87. The molecule has 0 aliphatic carbocycles. The first kappa shape index (κ1) is 23.2. The van der Waals surface area contributed by atoms with Crippen LogP contribution in [0, 0.1) is 5.82 Å². The number of benzene rings is 3. The largest absolute Gasteiger partial charge is 0.416 e. The van der Waals surface area contributed by atoms with Gasteiger partial charge in [0.1, 0.15) is 5.82 Å². The van der Waals surface area contributed by atoms with E-state index >= 15 is 0 Å². The number of amides is 1. The van der Waals surface area contributed by atoms with Crippen LogP contribution in [0.3, 0.4) is 0 Å². The highest BCUT2D eigenvalue weighted by molar-refractivity contribution is 7.91. The maximum atomic E-state index is 13.2. The van der Waals surface area contributed by atoms with Crippen LogP contribution in [0.25, 0.3) is 22.9 Å². The van der Waals surface area contributed by atoms with E-state index in [2.05, 4.69) is 10.2 Å². The second-order valence-corrected chi connectivity index (χ2v) is 10.5. The van der Waals surface area contributed by atoms with Gasteiger partial charge in [-0.05, 0) is 60.2 Å². The summed E-state index contributed by atoms with van der Waals surface area (Å²) >= 11 is 5.97. The Balaban J connectivity index is 1.59. The summed E-state index contributed by atoms with van der Waals surface area (Å²) in [5.74, 6) is -1.17. The summed E-state index contributed by atoms with van der Waals surface area (Å²) in [5, 5.41) is 8.58. The summed E-state index contributed by atoms with van der Waals surface area (Å²) in [4.78, 5) is 14.5. The molecular weight excluding hydrogens is 495 g/mol. The van der Waals surface area contributed by atoms with Gasteiger partial charge in [-0.1, -0.05) is 23.7 Å². The molecule has 1 aliphatic heterocycles. The summed E-state index contributed by atoms with van der Waals surface area (Å²) in [5.41, 5.74) is 7.80. The highest BCUT2D eigenvalue weighted by atomic mass is 35.5. The molecular formula is C24H18ClFN4O4S. The molecule has 2 N–H and O–H groups in total. The highest BCUT2D eigenvalue weighted by Gasteiger charge is 2.36. The molecule has 3 aromatic carbocycles. The normalized spacial score (nSPS) is 17.2. The van der Waals surface area contributed by atoms with Crippen molar-refractivity contribution in [1.29, 1.82) is 0 Å². The molecule has 11 heteroatoms. The zero-order chi connectivity index (χ0) is 24.7. The first-order valence-electron chi connectivity index (χ1n) is 10.5. The van der Waals surface area contributed by atoms with Gasteiger partial charge in [0.2, 0.25) is 17.7 Å². The predicted octanol–water partition coefficient (Wildman–Crippen LogP) is 3.84. The molecule has 2 heterocycles. The number of anilines is 1. The number of halogens is 2. The monoisotopic (exact) mass is 512 g/mol. The van der Waals surface area contributed by atoms with Gasteiger partial charge in [-0.3, -0.25) is 4.79 Å². The van der Waals surface area contributed by atoms with Crippen LogP contribution in [0.4, 0.5) is 10.1 Å². The fraction of sp³-hybridized carbons (Fsp3) is 0.125. The topological polar surface area (TPSA) is 119 Å². The molecule has 0 fully saturated rings. The smallest absolute Gasteiger partial charge is 0.248 e. The van der Waals surface area contributed by atoms with E-state index in [1.807, 2.05) is 0 Å². The molecule has 0 bridgehead atoms. The standard InChI is InChI=1S/C24H18ClFN4O4S/c25-17-6-1-14(2-7-17)12-30-20-11-16(5-10-21(20)35(32,33)13-19(27)24(30)31)23-29-28-22(34-23)15-3-8-18(26)9-4-15/h1-11,19H,12-13,27H2/t19-/m0/s1. The number of sulfone groups is 1. The molecule has 5 rings (SSSR count). The van der Waals surface area contributed by atoms with Gasteiger partial charge in [0.25, 0.3) is 0 Å². The Morgan fingerprint density at radius 1 is 1.00 bits per heavy atom. The van der Waals surface area contributed by atoms with E-state index in [-0.39, 0.29) is 28.9 Å². The van der Waals surface area contributed by atoms with E-state index in [0.29, 0.717) is 16.1 Å². The third kappa shape index (κ3) is 4.55. The SMILES string of the molecule is N[C@H]1CS(=O)(=O)c2ccc(-c3nnc(-c4ccc(F)cc4)o3)cc2N(Cc2ccc(Cl)cc2)C1=O. The Bertz CT molecular complexity index is 1520. The van der Waals surface area contributed by atoms with Gasteiger partial charge in [-0.15, -0.1) is 10.2 Å². The lowest BCUT2D eigenvalue weighted by molar-refractivity contribution is -0.119. The van der Waals surface area contributed by atoms with Crippen molar-refractivity contribution in [3.8, 4) is 22.9 Å². The molecule has 4 aromatic rings. The number of aromatic nitrogens is 2. The number of carbonyl (C=O) groups excluding carboxylic acids is 1. The quantitative estimate of drug-likeness (QED) is 0.441. The van der Waals surface area contributed by atoms with Crippen molar-refractivity contribution in [2.24, 2.45) is 5.73 Å². The van der Waals surface area contributed by atoms with Crippen molar-refractivity contribution >= 4 is 33.0 Å². The lowest BCUT2D eigenvalue weighted by atomic mass is 10.1. The van der Waals surface area contributed by atoms with Crippen LogP contribution >= 0.6 is 11.6 Å². The Morgan fingerprint density at radius 2 is 1.63 bits per heavy atom. The fourth-order valence-corrected chi connectivity index (χ4v) is 5.51. The van der Waals surface area contributed by atoms with Crippen molar-refractivity contribution < 1.29 is 22.0 Å². The van der Waals surface area contributed by atoms with Gasteiger partial charge >= 0.3 is 0 Å². The summed E-state index contributed by atoms with van der Waals surface area (Å²) in [6.45, 7) is 0.0837. The average Bonchev–Trinajstić information content (AvgIpc) is 3.31. The lowest BCUT2D eigenvalue weighted by Crippen LogP contribution is -2.45. The van der Waals surface area contributed by atoms with Gasteiger partial charge in [0.05, 0.1) is 28.9 Å². The van der Waals surface area contributed by atoms with Gasteiger partial charge in [0, 0.05) is 16.1 Å². The van der Waals surface area contributed by atoms with Gasteiger partial charge < -0.3 is 15.1 Å². The minimum atomic E-state index is -3.84. The van der Waals surface area contributed by atoms with Crippen molar-refractivity contribution in [3.05, 3.63) is 83.1 Å². The van der Waals surface area contributed by atoms with E-state index in [4.69, 9.17) is 21.8 Å². The number of fused-ring (bicyclic) bond motifs is 1. The van der Waals surface area contributed by atoms with Crippen molar-refractivity contribution in [3.63, 3.8) is 0 Å². The van der Waals surface area contributed by atoms with Crippen LogP contribution in [0.15, 0.2) is 76.0 Å². The maximum Gasteiger partial charge on any atom is 0.248 e. The van der Waals surface area contributed by atoms with E-state index < -0.39 is 33.4 Å². The summed E-state index contributed by atoms with van der Waals surface area (Å²) in [6.07, 6.45) is 0. The minimum absolute atomic E-state index is 0.0187. The number of hydrogen-bond acceptors (Lipinski definition) is 7. The minimum Gasteiger partial charge on any atom is -0.416 e. The molecule has 178 valence electrons. The summed E-state index contributed by atoms with van der Waals surface area (Å²) < 4.78 is 45.0. The number of carbonyl (C=O) groups is 1. The first-order valence-corrected chi connectivity index (χ1v) is 12.5. The van der Waals surface area contributed by atoms with Crippen molar-refractivity contribution in [1.82, 2.24) is 10.2 Å². The van der Waals surface area contributed by atoms with E-state index in [1.165, 1.54) is 47.4 Å². The highest BCUT2D eigenvalue weighted by Crippen LogP contribution is 2.35. The van der Waals surface area contributed by atoms with Crippen LogP contribution in [-0.2, 0) is 21.2 Å². The summed E-state index contributed by atoms with van der Waals surface area (Å²) in [6, 6.07) is 15.6. The molecule has 1 aliphatic rings. The second kappa shape index (κ2) is 8.88. The molecule has 35 heavy (non-hydrogen) atoms.